The van der Waals surface area contributed by atoms with Crippen molar-refractivity contribution in [3.8, 4) is 11.5 Å². The summed E-state index contributed by atoms with van der Waals surface area (Å²) in [5.41, 5.74) is 1.64. The fourth-order valence-electron chi connectivity index (χ4n) is 2.98. The first-order valence-electron chi connectivity index (χ1n) is 8.79. The normalized spacial score (nSPS) is 13.0. The Bertz CT molecular complexity index is 902. The molecule has 6 nitrogen and oxygen atoms in total. The molecular weight excluding hydrogens is 344 g/mol. The van der Waals surface area contributed by atoms with Crippen molar-refractivity contribution in [2.24, 2.45) is 0 Å². The molecule has 0 fully saturated rings. The summed E-state index contributed by atoms with van der Waals surface area (Å²) in [5.74, 6) is 2.10. The summed E-state index contributed by atoms with van der Waals surface area (Å²) in [5, 5.41) is 6.85. The number of urea groups is 1. The molecule has 0 aliphatic heterocycles. The Morgan fingerprint density at radius 3 is 2.41 bits per heavy atom. The molecule has 0 unspecified atom stereocenters. The maximum absolute atomic E-state index is 12.4. The Balaban J connectivity index is 1.68. The molecule has 3 aromatic rings. The van der Waals surface area contributed by atoms with E-state index in [1.54, 1.807) is 14.2 Å². The average molecular weight is 368 g/mol. The third-order valence-corrected chi connectivity index (χ3v) is 4.47. The van der Waals surface area contributed by atoms with Crippen LogP contribution in [0.1, 0.15) is 37.3 Å². The van der Waals surface area contributed by atoms with Crippen molar-refractivity contribution in [2.45, 2.75) is 25.9 Å². The molecule has 1 heterocycles. The number of amides is 2. The van der Waals surface area contributed by atoms with Gasteiger partial charge < -0.3 is 24.5 Å². The van der Waals surface area contributed by atoms with E-state index in [0.717, 1.165) is 16.5 Å². The second-order valence-electron chi connectivity index (χ2n) is 6.36. The van der Waals surface area contributed by atoms with E-state index in [0.29, 0.717) is 17.3 Å². The highest BCUT2D eigenvalue weighted by atomic mass is 16.5. The first-order valence-corrected chi connectivity index (χ1v) is 8.79. The number of carbonyl (C=O) groups is 1. The molecule has 0 saturated carbocycles. The van der Waals surface area contributed by atoms with Crippen LogP contribution in [-0.2, 0) is 0 Å². The number of furan rings is 1. The van der Waals surface area contributed by atoms with E-state index in [-0.39, 0.29) is 18.1 Å². The minimum atomic E-state index is -0.291. The summed E-state index contributed by atoms with van der Waals surface area (Å²) in [4.78, 5) is 12.4. The monoisotopic (exact) mass is 368 g/mol. The van der Waals surface area contributed by atoms with Crippen molar-refractivity contribution in [1.29, 1.82) is 0 Å². The number of hydrogen-bond donors (Lipinski definition) is 2. The van der Waals surface area contributed by atoms with Gasteiger partial charge in [-0.1, -0.05) is 18.2 Å². The molecular formula is C21H24N2O4. The van der Waals surface area contributed by atoms with Gasteiger partial charge in [-0.05, 0) is 44.2 Å². The van der Waals surface area contributed by atoms with E-state index in [1.807, 2.05) is 62.4 Å². The Kier molecular flexibility index (Phi) is 5.54. The summed E-state index contributed by atoms with van der Waals surface area (Å²) in [6.07, 6.45) is 0. The van der Waals surface area contributed by atoms with Crippen molar-refractivity contribution >= 4 is 17.0 Å². The second-order valence-corrected chi connectivity index (χ2v) is 6.36. The Morgan fingerprint density at radius 2 is 1.70 bits per heavy atom. The van der Waals surface area contributed by atoms with Gasteiger partial charge in [-0.3, -0.25) is 0 Å². The van der Waals surface area contributed by atoms with Gasteiger partial charge >= 0.3 is 6.03 Å². The highest BCUT2D eigenvalue weighted by molar-refractivity contribution is 5.78. The van der Waals surface area contributed by atoms with Crippen LogP contribution in [0.2, 0.25) is 0 Å². The van der Waals surface area contributed by atoms with Crippen LogP contribution in [0.5, 0.6) is 11.5 Å². The molecule has 142 valence electrons. The third kappa shape index (κ3) is 4.16. The number of rotatable bonds is 6. The summed E-state index contributed by atoms with van der Waals surface area (Å²) in [6, 6.07) is 14.4. The predicted octanol–water partition coefficient (Wildman–Crippen LogP) is 4.57. The van der Waals surface area contributed by atoms with Crippen LogP contribution in [0.3, 0.4) is 0 Å². The molecule has 2 N–H and O–H groups in total. The summed E-state index contributed by atoms with van der Waals surface area (Å²) >= 11 is 0. The highest BCUT2D eigenvalue weighted by Gasteiger charge is 2.18. The number of para-hydroxylation sites is 1. The Hall–Kier alpha value is -3.15. The van der Waals surface area contributed by atoms with Crippen molar-refractivity contribution in [3.63, 3.8) is 0 Å². The number of hydrogen-bond acceptors (Lipinski definition) is 4. The molecule has 0 spiro atoms. The van der Waals surface area contributed by atoms with E-state index >= 15 is 0 Å². The topological polar surface area (TPSA) is 72.7 Å². The molecule has 0 saturated heterocycles. The van der Waals surface area contributed by atoms with E-state index in [1.165, 1.54) is 0 Å². The van der Waals surface area contributed by atoms with Crippen LogP contribution in [-0.4, -0.2) is 20.3 Å². The van der Waals surface area contributed by atoms with Gasteiger partial charge in [0.25, 0.3) is 0 Å². The van der Waals surface area contributed by atoms with Crippen LogP contribution in [0, 0.1) is 0 Å². The lowest BCUT2D eigenvalue weighted by Crippen LogP contribution is -2.38. The zero-order valence-electron chi connectivity index (χ0n) is 15.9. The van der Waals surface area contributed by atoms with Crippen LogP contribution < -0.4 is 20.1 Å². The maximum atomic E-state index is 12.4. The lowest BCUT2D eigenvalue weighted by atomic mass is 10.1. The van der Waals surface area contributed by atoms with Gasteiger partial charge in [0.15, 0.2) is 0 Å². The molecule has 1 aromatic heterocycles. The van der Waals surface area contributed by atoms with Gasteiger partial charge in [-0.2, -0.15) is 0 Å². The van der Waals surface area contributed by atoms with Gasteiger partial charge in [0.05, 0.1) is 26.3 Å². The lowest BCUT2D eigenvalue weighted by molar-refractivity contribution is 0.233. The van der Waals surface area contributed by atoms with Gasteiger partial charge in [0, 0.05) is 10.9 Å². The van der Waals surface area contributed by atoms with Crippen LogP contribution in [0.15, 0.2) is 52.9 Å². The standard InChI is InChI=1S/C21H24N2O4/c1-13(17-12-16(25-3)9-10-19(17)26-4)22-21(24)23-14(2)20-11-15-7-5-6-8-18(15)27-20/h5-14H,1-4H3,(H2,22,23,24)/t13-,14+/m1/s1. The lowest BCUT2D eigenvalue weighted by Gasteiger charge is -2.20. The predicted molar refractivity (Wildman–Crippen MR) is 104 cm³/mol. The summed E-state index contributed by atoms with van der Waals surface area (Å²) in [6.45, 7) is 3.77. The van der Waals surface area contributed by atoms with Crippen LogP contribution >= 0.6 is 0 Å². The number of methoxy groups -OCH3 is 2. The molecule has 2 atom stereocenters. The van der Waals surface area contributed by atoms with Gasteiger partial charge in [-0.15, -0.1) is 0 Å². The SMILES string of the molecule is COc1ccc(OC)c([C@@H](C)NC(=O)N[C@@H](C)c2cc3ccccc3o2)c1. The molecule has 0 radical (unpaired) electrons. The first-order chi connectivity index (χ1) is 13.0. The molecule has 6 heteroatoms. The number of carbonyl (C=O) groups excluding carboxylic acids is 1. The van der Waals surface area contributed by atoms with Gasteiger partial charge in [-0.25, -0.2) is 4.79 Å². The Morgan fingerprint density at radius 1 is 0.963 bits per heavy atom. The number of benzene rings is 2. The van der Waals surface area contributed by atoms with Crippen molar-refractivity contribution in [3.05, 3.63) is 59.9 Å². The van der Waals surface area contributed by atoms with Gasteiger partial charge in [0.2, 0.25) is 0 Å². The average Bonchev–Trinajstić information content (AvgIpc) is 3.11. The quantitative estimate of drug-likeness (QED) is 0.668. The van der Waals surface area contributed by atoms with E-state index in [2.05, 4.69) is 10.6 Å². The minimum Gasteiger partial charge on any atom is -0.497 e. The molecule has 0 bridgehead atoms. The molecule has 27 heavy (non-hydrogen) atoms. The van der Waals surface area contributed by atoms with Gasteiger partial charge in [0.1, 0.15) is 22.8 Å². The molecule has 0 aliphatic carbocycles. The smallest absolute Gasteiger partial charge is 0.315 e. The highest BCUT2D eigenvalue weighted by Crippen LogP contribution is 2.29. The Labute approximate surface area is 158 Å². The van der Waals surface area contributed by atoms with E-state index in [4.69, 9.17) is 13.9 Å². The van der Waals surface area contributed by atoms with Crippen molar-refractivity contribution in [1.82, 2.24) is 10.6 Å². The number of fused-ring (bicyclic) bond motifs is 1. The molecule has 2 aromatic carbocycles. The molecule has 3 rings (SSSR count). The number of nitrogens with one attached hydrogen (secondary N) is 2. The summed E-state index contributed by atoms with van der Waals surface area (Å²) in [7, 11) is 3.20. The van der Waals surface area contributed by atoms with Crippen molar-refractivity contribution < 1.29 is 18.7 Å². The third-order valence-electron chi connectivity index (χ3n) is 4.47. The van der Waals surface area contributed by atoms with Crippen LogP contribution in [0.4, 0.5) is 4.79 Å². The largest absolute Gasteiger partial charge is 0.497 e. The zero-order chi connectivity index (χ0) is 19.4. The summed E-state index contributed by atoms with van der Waals surface area (Å²) < 4.78 is 16.5. The van der Waals surface area contributed by atoms with Crippen molar-refractivity contribution in [2.75, 3.05) is 14.2 Å². The number of ether oxygens (including phenoxy) is 2. The second kappa shape index (κ2) is 8.03. The fourth-order valence-corrected chi connectivity index (χ4v) is 2.98. The van der Waals surface area contributed by atoms with E-state index < -0.39 is 0 Å². The fraction of sp³-hybridized carbons (Fsp3) is 0.286. The van der Waals surface area contributed by atoms with E-state index in [9.17, 15) is 4.79 Å². The zero-order valence-corrected chi connectivity index (χ0v) is 15.9. The first kappa shape index (κ1) is 18.6. The minimum absolute atomic E-state index is 0.266. The molecule has 2 amide bonds. The maximum Gasteiger partial charge on any atom is 0.315 e. The molecule has 0 aliphatic rings. The van der Waals surface area contributed by atoms with Crippen LogP contribution in [0.25, 0.3) is 11.0 Å².